The molecule has 1 aromatic rings. The molecule has 0 aliphatic carbocycles. The fourth-order valence-corrected chi connectivity index (χ4v) is 1.20. The average molecular weight is 211 g/mol. The van der Waals surface area contributed by atoms with Crippen LogP contribution in [-0.2, 0) is 0 Å². The first-order valence-electron chi connectivity index (χ1n) is 5.24. The van der Waals surface area contributed by atoms with Crippen LogP contribution in [0.3, 0.4) is 0 Å². The van der Waals surface area contributed by atoms with Crippen LogP contribution in [0.4, 0.5) is 4.39 Å². The molecule has 1 atom stereocenters. The molecule has 1 N–H and O–H groups in total. The lowest BCUT2D eigenvalue weighted by Gasteiger charge is -2.17. The third-order valence-electron chi connectivity index (χ3n) is 1.98. The van der Waals surface area contributed by atoms with Crippen LogP contribution in [0.15, 0.2) is 24.3 Å². The van der Waals surface area contributed by atoms with Crippen molar-refractivity contribution >= 4 is 0 Å². The van der Waals surface area contributed by atoms with E-state index in [0.717, 1.165) is 0 Å². The summed E-state index contributed by atoms with van der Waals surface area (Å²) in [5.41, 5.74) is 0. The number of hydrogen-bond donors (Lipinski definition) is 1. The summed E-state index contributed by atoms with van der Waals surface area (Å²) in [7, 11) is 0. The minimum atomic E-state index is -0.311. The zero-order valence-corrected chi connectivity index (χ0v) is 9.46. The van der Waals surface area contributed by atoms with E-state index in [9.17, 15) is 4.39 Å². The highest BCUT2D eigenvalue weighted by atomic mass is 19.1. The zero-order valence-electron chi connectivity index (χ0n) is 9.46. The lowest BCUT2D eigenvalue weighted by atomic mass is 10.3. The first-order valence-corrected chi connectivity index (χ1v) is 5.24. The molecular weight excluding hydrogens is 193 g/mol. The quantitative estimate of drug-likeness (QED) is 0.808. The van der Waals surface area contributed by atoms with Crippen LogP contribution in [0.25, 0.3) is 0 Å². The van der Waals surface area contributed by atoms with Gasteiger partial charge < -0.3 is 10.1 Å². The van der Waals surface area contributed by atoms with E-state index in [-0.39, 0.29) is 11.9 Å². The maximum atomic E-state index is 13.2. The highest BCUT2D eigenvalue weighted by Gasteiger charge is 2.07. The van der Waals surface area contributed by atoms with Crippen molar-refractivity contribution in [3.05, 3.63) is 30.1 Å². The summed E-state index contributed by atoms with van der Waals surface area (Å²) in [5, 5.41) is 3.24. The summed E-state index contributed by atoms with van der Waals surface area (Å²) in [6.45, 7) is 6.76. The molecule has 0 aliphatic heterocycles. The van der Waals surface area contributed by atoms with Gasteiger partial charge in [0.05, 0.1) is 0 Å². The van der Waals surface area contributed by atoms with Crippen molar-refractivity contribution in [2.24, 2.45) is 0 Å². The number of rotatable bonds is 5. The highest BCUT2D eigenvalue weighted by Crippen LogP contribution is 2.16. The van der Waals surface area contributed by atoms with Gasteiger partial charge in [-0.2, -0.15) is 0 Å². The van der Waals surface area contributed by atoms with Crippen LogP contribution in [0.5, 0.6) is 5.75 Å². The molecule has 0 heterocycles. The number of nitrogens with one attached hydrogen (secondary N) is 1. The third-order valence-corrected chi connectivity index (χ3v) is 1.98. The number of ether oxygens (including phenoxy) is 1. The van der Waals surface area contributed by atoms with Gasteiger partial charge in [0.15, 0.2) is 11.6 Å². The Morgan fingerprint density at radius 1 is 1.27 bits per heavy atom. The second-order valence-corrected chi connectivity index (χ2v) is 3.92. The van der Waals surface area contributed by atoms with Crippen LogP contribution in [-0.4, -0.2) is 18.7 Å². The topological polar surface area (TPSA) is 21.3 Å². The fraction of sp³-hybridized carbons (Fsp3) is 0.500. The van der Waals surface area contributed by atoms with Crippen molar-refractivity contribution in [2.75, 3.05) is 6.54 Å². The van der Waals surface area contributed by atoms with Gasteiger partial charge in [-0.1, -0.05) is 26.0 Å². The molecule has 0 saturated carbocycles. The van der Waals surface area contributed by atoms with E-state index in [1.54, 1.807) is 18.2 Å². The van der Waals surface area contributed by atoms with Gasteiger partial charge >= 0.3 is 0 Å². The van der Waals surface area contributed by atoms with Crippen molar-refractivity contribution in [2.45, 2.75) is 32.9 Å². The van der Waals surface area contributed by atoms with E-state index in [2.05, 4.69) is 19.2 Å². The van der Waals surface area contributed by atoms with E-state index in [4.69, 9.17) is 4.74 Å². The first-order chi connectivity index (χ1) is 7.09. The molecule has 1 rings (SSSR count). The van der Waals surface area contributed by atoms with E-state index in [1.165, 1.54) is 6.07 Å². The summed E-state index contributed by atoms with van der Waals surface area (Å²) in [6, 6.07) is 6.87. The van der Waals surface area contributed by atoms with Gasteiger partial charge in [-0.15, -0.1) is 0 Å². The second kappa shape index (κ2) is 5.71. The molecule has 0 saturated heterocycles. The van der Waals surface area contributed by atoms with Gasteiger partial charge in [0.2, 0.25) is 0 Å². The van der Waals surface area contributed by atoms with Crippen LogP contribution >= 0.6 is 0 Å². The van der Waals surface area contributed by atoms with Crippen LogP contribution in [0, 0.1) is 5.82 Å². The molecule has 15 heavy (non-hydrogen) atoms. The van der Waals surface area contributed by atoms with Gasteiger partial charge in [-0.05, 0) is 19.1 Å². The Hall–Kier alpha value is -1.09. The minimum absolute atomic E-state index is 0.0377. The summed E-state index contributed by atoms with van der Waals surface area (Å²) >= 11 is 0. The van der Waals surface area contributed by atoms with E-state index in [1.807, 2.05) is 6.92 Å². The normalized spacial score (nSPS) is 12.9. The van der Waals surface area contributed by atoms with Gasteiger partial charge in [0.25, 0.3) is 0 Å². The van der Waals surface area contributed by atoms with Crippen molar-refractivity contribution in [3.63, 3.8) is 0 Å². The summed E-state index contributed by atoms with van der Waals surface area (Å²) < 4.78 is 18.7. The smallest absolute Gasteiger partial charge is 0.165 e. The van der Waals surface area contributed by atoms with E-state index < -0.39 is 0 Å². The Kier molecular flexibility index (Phi) is 4.56. The summed E-state index contributed by atoms with van der Waals surface area (Å²) in [4.78, 5) is 0. The standard InChI is InChI=1S/C12H18FNO/c1-9(2)14-8-10(3)15-12-7-5-4-6-11(12)13/h4-7,9-10,14H,8H2,1-3H3. The van der Waals surface area contributed by atoms with Crippen LogP contribution in [0.1, 0.15) is 20.8 Å². The highest BCUT2D eigenvalue weighted by molar-refractivity contribution is 5.23. The predicted molar refractivity (Wildman–Crippen MR) is 59.6 cm³/mol. The average Bonchev–Trinajstić information content (AvgIpc) is 2.18. The maximum Gasteiger partial charge on any atom is 0.165 e. The molecule has 1 unspecified atom stereocenters. The Morgan fingerprint density at radius 2 is 1.93 bits per heavy atom. The van der Waals surface area contributed by atoms with E-state index >= 15 is 0 Å². The third kappa shape index (κ3) is 4.30. The largest absolute Gasteiger partial charge is 0.486 e. The van der Waals surface area contributed by atoms with Gasteiger partial charge in [0, 0.05) is 12.6 Å². The number of benzene rings is 1. The molecule has 0 amide bonds. The molecule has 0 bridgehead atoms. The summed E-state index contributed by atoms with van der Waals surface area (Å²) in [5.74, 6) is 0.00412. The Morgan fingerprint density at radius 3 is 2.53 bits per heavy atom. The molecule has 0 aliphatic rings. The molecule has 84 valence electrons. The first kappa shape index (κ1) is 12.0. The zero-order chi connectivity index (χ0) is 11.3. The lowest BCUT2D eigenvalue weighted by Crippen LogP contribution is -2.33. The maximum absolute atomic E-state index is 13.2. The molecule has 0 aromatic heterocycles. The summed E-state index contributed by atoms with van der Waals surface area (Å²) in [6.07, 6.45) is -0.0377. The van der Waals surface area contributed by atoms with Gasteiger partial charge in [0.1, 0.15) is 6.10 Å². The van der Waals surface area contributed by atoms with Crippen molar-refractivity contribution in [1.82, 2.24) is 5.32 Å². The minimum Gasteiger partial charge on any atom is -0.486 e. The van der Waals surface area contributed by atoms with Crippen LogP contribution in [0.2, 0.25) is 0 Å². The Labute approximate surface area is 90.4 Å². The van der Waals surface area contributed by atoms with Crippen LogP contribution < -0.4 is 10.1 Å². The van der Waals surface area contributed by atoms with Crippen molar-refractivity contribution in [3.8, 4) is 5.75 Å². The van der Waals surface area contributed by atoms with Crippen molar-refractivity contribution in [1.29, 1.82) is 0 Å². The van der Waals surface area contributed by atoms with E-state index in [0.29, 0.717) is 18.3 Å². The SMILES string of the molecule is CC(C)NCC(C)Oc1ccccc1F. The fourth-order valence-electron chi connectivity index (χ4n) is 1.20. The monoisotopic (exact) mass is 211 g/mol. The Balaban J connectivity index is 2.44. The van der Waals surface area contributed by atoms with Crippen molar-refractivity contribution < 1.29 is 9.13 Å². The number of halogens is 1. The van der Waals surface area contributed by atoms with Gasteiger partial charge in [-0.3, -0.25) is 0 Å². The molecule has 3 heteroatoms. The Bertz CT molecular complexity index is 301. The molecule has 1 aromatic carbocycles. The number of para-hydroxylation sites is 1. The molecule has 2 nitrogen and oxygen atoms in total. The number of hydrogen-bond acceptors (Lipinski definition) is 2. The predicted octanol–water partition coefficient (Wildman–Crippen LogP) is 2.59. The molecule has 0 radical (unpaired) electrons. The molecule has 0 fully saturated rings. The van der Waals surface area contributed by atoms with Gasteiger partial charge in [-0.25, -0.2) is 4.39 Å². The lowest BCUT2D eigenvalue weighted by molar-refractivity contribution is 0.204. The second-order valence-electron chi connectivity index (χ2n) is 3.92. The molecule has 0 spiro atoms. The molecular formula is C12H18FNO.